The van der Waals surface area contributed by atoms with E-state index in [0.717, 1.165) is 57.8 Å². The van der Waals surface area contributed by atoms with Gasteiger partial charge in [-0.2, -0.15) is 0 Å². The quantitative estimate of drug-likeness (QED) is 0.241. The predicted octanol–water partition coefficient (Wildman–Crippen LogP) is 6.55. The van der Waals surface area contributed by atoms with E-state index in [1.165, 1.54) is 25.7 Å². The number of allylic oxidation sites excluding steroid dienone is 8. The minimum atomic E-state index is -0.166. The molecule has 3 nitrogen and oxygen atoms in total. The van der Waals surface area contributed by atoms with Crippen LogP contribution in [0.2, 0.25) is 0 Å². The van der Waals surface area contributed by atoms with Gasteiger partial charge < -0.3 is 10.4 Å². The zero-order valence-corrected chi connectivity index (χ0v) is 18.5. The van der Waals surface area contributed by atoms with Crippen LogP contribution in [0, 0.1) is 0 Å². The second-order valence-electron chi connectivity index (χ2n) is 8.05. The average molecular weight is 402 g/mol. The fraction of sp³-hybridized carbons (Fsp3) is 0.654. The van der Waals surface area contributed by atoms with Gasteiger partial charge in [-0.05, 0) is 70.6 Å². The summed E-state index contributed by atoms with van der Waals surface area (Å²) in [6, 6.07) is 0.266. The first-order valence-corrected chi connectivity index (χ1v) is 11.8. The van der Waals surface area contributed by atoms with Crippen molar-refractivity contribution in [2.45, 2.75) is 109 Å². The molecule has 0 unspecified atom stereocenters. The van der Waals surface area contributed by atoms with Crippen molar-refractivity contribution in [2.24, 2.45) is 0 Å². The Morgan fingerprint density at radius 1 is 0.793 bits per heavy atom. The molecule has 1 rings (SSSR count). The van der Waals surface area contributed by atoms with Gasteiger partial charge >= 0.3 is 0 Å². The van der Waals surface area contributed by atoms with Gasteiger partial charge in [-0.25, -0.2) is 0 Å². The number of amides is 1. The third-order valence-electron chi connectivity index (χ3n) is 5.29. The summed E-state index contributed by atoms with van der Waals surface area (Å²) in [6.45, 7) is 2.24. The maximum atomic E-state index is 11.9. The van der Waals surface area contributed by atoms with Gasteiger partial charge in [-0.15, -0.1) is 0 Å². The van der Waals surface area contributed by atoms with Gasteiger partial charge in [-0.1, -0.05) is 68.4 Å². The number of unbranched alkanes of at least 4 members (excludes halogenated alkanes) is 4. The van der Waals surface area contributed by atoms with Crippen molar-refractivity contribution >= 4 is 5.91 Å². The number of rotatable bonds is 15. The standard InChI is InChI=1S/C26H43NO2/c1-2-3-4-5-6-7-8-9-10-11-12-13-14-15-16-17-18-19-26(29)27-24-20-22-25(28)23-21-24/h6-7,9-10,12-13,15-16,24-25,28H,2-5,8,11,14,17-23H2,1H3,(H,27,29)/b7-6-,10-9-,13-12-,16-15-. The van der Waals surface area contributed by atoms with Crippen molar-refractivity contribution < 1.29 is 9.90 Å². The Bertz CT molecular complexity index is 511. The Morgan fingerprint density at radius 2 is 1.31 bits per heavy atom. The molecule has 0 aliphatic heterocycles. The molecule has 164 valence electrons. The van der Waals surface area contributed by atoms with Crippen LogP contribution in [0.15, 0.2) is 48.6 Å². The van der Waals surface area contributed by atoms with Gasteiger partial charge in [0.1, 0.15) is 0 Å². The Balaban J connectivity index is 1.92. The fourth-order valence-electron chi connectivity index (χ4n) is 3.46. The number of hydrogen-bond donors (Lipinski definition) is 2. The number of aliphatic hydroxyl groups excluding tert-OH is 1. The van der Waals surface area contributed by atoms with Crippen LogP contribution in [0.25, 0.3) is 0 Å². The van der Waals surface area contributed by atoms with Gasteiger partial charge in [0.25, 0.3) is 0 Å². The van der Waals surface area contributed by atoms with E-state index in [2.05, 4.69) is 60.8 Å². The highest BCUT2D eigenvalue weighted by Crippen LogP contribution is 2.18. The predicted molar refractivity (Wildman–Crippen MR) is 125 cm³/mol. The van der Waals surface area contributed by atoms with Crippen molar-refractivity contribution in [3.05, 3.63) is 48.6 Å². The molecule has 0 atom stereocenters. The highest BCUT2D eigenvalue weighted by atomic mass is 16.3. The van der Waals surface area contributed by atoms with Crippen LogP contribution in [0.4, 0.5) is 0 Å². The number of carbonyl (C=O) groups excluding carboxylic acids is 1. The van der Waals surface area contributed by atoms with E-state index in [9.17, 15) is 9.90 Å². The van der Waals surface area contributed by atoms with Crippen LogP contribution >= 0.6 is 0 Å². The molecular formula is C26H43NO2. The lowest BCUT2D eigenvalue weighted by Crippen LogP contribution is -2.38. The number of hydrogen-bond acceptors (Lipinski definition) is 2. The fourth-order valence-corrected chi connectivity index (χ4v) is 3.46. The maximum Gasteiger partial charge on any atom is 0.220 e. The van der Waals surface area contributed by atoms with Gasteiger partial charge in [0.05, 0.1) is 6.10 Å². The lowest BCUT2D eigenvalue weighted by atomic mass is 9.93. The first kappa shape index (κ1) is 25.4. The molecule has 1 aliphatic rings. The summed E-state index contributed by atoms with van der Waals surface area (Å²) < 4.78 is 0. The van der Waals surface area contributed by atoms with Gasteiger partial charge in [0, 0.05) is 12.5 Å². The van der Waals surface area contributed by atoms with Crippen molar-refractivity contribution in [1.29, 1.82) is 0 Å². The molecule has 0 aromatic heterocycles. The minimum absolute atomic E-state index is 0.155. The van der Waals surface area contributed by atoms with Crippen LogP contribution in [-0.4, -0.2) is 23.2 Å². The van der Waals surface area contributed by atoms with Crippen LogP contribution in [-0.2, 0) is 4.79 Å². The third kappa shape index (κ3) is 15.9. The van der Waals surface area contributed by atoms with Crippen molar-refractivity contribution in [3.8, 4) is 0 Å². The monoisotopic (exact) mass is 401 g/mol. The van der Waals surface area contributed by atoms with Crippen LogP contribution in [0.5, 0.6) is 0 Å². The number of aliphatic hydroxyl groups is 1. The van der Waals surface area contributed by atoms with E-state index in [1.807, 2.05) is 0 Å². The molecule has 29 heavy (non-hydrogen) atoms. The molecule has 0 aromatic rings. The molecule has 1 fully saturated rings. The highest BCUT2D eigenvalue weighted by Gasteiger charge is 2.20. The van der Waals surface area contributed by atoms with E-state index in [-0.39, 0.29) is 18.1 Å². The van der Waals surface area contributed by atoms with Crippen molar-refractivity contribution in [1.82, 2.24) is 5.32 Å². The summed E-state index contributed by atoms with van der Waals surface area (Å²) in [7, 11) is 0. The molecule has 1 saturated carbocycles. The topological polar surface area (TPSA) is 49.3 Å². The average Bonchev–Trinajstić information content (AvgIpc) is 2.72. The van der Waals surface area contributed by atoms with Gasteiger partial charge in [0.15, 0.2) is 0 Å². The van der Waals surface area contributed by atoms with Crippen molar-refractivity contribution in [3.63, 3.8) is 0 Å². The molecule has 0 bridgehead atoms. The Hall–Kier alpha value is -1.61. The van der Waals surface area contributed by atoms with E-state index < -0.39 is 0 Å². The third-order valence-corrected chi connectivity index (χ3v) is 5.29. The summed E-state index contributed by atoms with van der Waals surface area (Å²) in [5.74, 6) is 0.155. The Labute approximate surface area is 179 Å². The Morgan fingerprint density at radius 3 is 1.86 bits per heavy atom. The molecule has 0 heterocycles. The minimum Gasteiger partial charge on any atom is -0.393 e. The smallest absolute Gasteiger partial charge is 0.220 e. The molecule has 3 heteroatoms. The van der Waals surface area contributed by atoms with Crippen LogP contribution in [0.1, 0.15) is 96.8 Å². The molecule has 2 N–H and O–H groups in total. The lowest BCUT2D eigenvalue weighted by molar-refractivity contribution is -0.122. The molecule has 0 saturated heterocycles. The van der Waals surface area contributed by atoms with E-state index in [1.54, 1.807) is 0 Å². The van der Waals surface area contributed by atoms with Crippen molar-refractivity contribution in [2.75, 3.05) is 0 Å². The molecule has 0 aromatic carbocycles. The van der Waals surface area contributed by atoms with Crippen LogP contribution < -0.4 is 5.32 Å². The molecular weight excluding hydrogens is 358 g/mol. The molecule has 0 spiro atoms. The number of carbonyl (C=O) groups is 1. The largest absolute Gasteiger partial charge is 0.393 e. The van der Waals surface area contributed by atoms with Gasteiger partial charge in [-0.3, -0.25) is 4.79 Å². The summed E-state index contributed by atoms with van der Waals surface area (Å²) in [4.78, 5) is 11.9. The van der Waals surface area contributed by atoms with Crippen LogP contribution in [0.3, 0.4) is 0 Å². The van der Waals surface area contributed by atoms with E-state index in [4.69, 9.17) is 0 Å². The first-order chi connectivity index (χ1) is 14.2. The second-order valence-corrected chi connectivity index (χ2v) is 8.05. The summed E-state index contributed by atoms with van der Waals surface area (Å²) in [5.41, 5.74) is 0. The summed E-state index contributed by atoms with van der Waals surface area (Å²) in [5, 5.41) is 12.6. The highest BCUT2D eigenvalue weighted by molar-refractivity contribution is 5.76. The molecule has 0 radical (unpaired) electrons. The zero-order valence-electron chi connectivity index (χ0n) is 18.5. The maximum absolute atomic E-state index is 11.9. The number of nitrogens with one attached hydrogen (secondary N) is 1. The molecule has 1 aliphatic carbocycles. The zero-order chi connectivity index (χ0) is 21.0. The summed E-state index contributed by atoms with van der Waals surface area (Å²) in [6.07, 6.45) is 31.6. The van der Waals surface area contributed by atoms with Gasteiger partial charge in [0.2, 0.25) is 5.91 Å². The van der Waals surface area contributed by atoms with E-state index in [0.29, 0.717) is 6.42 Å². The SMILES string of the molecule is CCCCC/C=C\C/C=C\C/C=C\C/C=C\CCCC(=O)NC1CCC(O)CC1. The van der Waals surface area contributed by atoms with E-state index >= 15 is 0 Å². The Kier molecular flexibility index (Phi) is 16.2. The second kappa shape index (κ2) is 18.4. The normalized spacial score (nSPS) is 20.5. The molecule has 1 amide bonds. The summed E-state index contributed by atoms with van der Waals surface area (Å²) >= 11 is 0. The lowest BCUT2D eigenvalue weighted by Gasteiger charge is -2.26. The first-order valence-electron chi connectivity index (χ1n) is 11.8.